The summed E-state index contributed by atoms with van der Waals surface area (Å²) in [6, 6.07) is 31.6. The van der Waals surface area contributed by atoms with Crippen LogP contribution in [-0.2, 0) is 47.6 Å². The Bertz CT molecular complexity index is 1890. The zero-order valence-corrected chi connectivity index (χ0v) is 30.7. The summed E-state index contributed by atoms with van der Waals surface area (Å²) in [6.07, 6.45) is 0. The Morgan fingerprint density at radius 1 is 0.711 bits per heavy atom. The van der Waals surface area contributed by atoms with E-state index >= 15 is 0 Å². The molecule has 0 unspecified atom stereocenters. The zero-order chi connectivity index (χ0) is 30.2. The van der Waals surface area contributed by atoms with E-state index in [4.69, 9.17) is 25.3 Å². The number of aromatic nitrogens is 8. The first-order chi connectivity index (χ1) is 20.9. The van der Waals surface area contributed by atoms with E-state index in [-0.39, 0.29) is 95.9 Å². The van der Waals surface area contributed by atoms with Crippen LogP contribution in [0.4, 0.5) is 11.4 Å². The molecule has 0 saturated heterocycles. The van der Waals surface area contributed by atoms with Crippen molar-refractivity contribution in [2.75, 3.05) is 10.6 Å². The molecule has 1 radical (unpaired) electrons. The molecule has 12 nitrogen and oxygen atoms in total. The van der Waals surface area contributed by atoms with Gasteiger partial charge < -0.3 is 40.7 Å². The predicted molar refractivity (Wildman–Crippen MR) is 162 cm³/mol. The van der Waals surface area contributed by atoms with Crippen molar-refractivity contribution in [3.63, 3.8) is 0 Å². The third-order valence-electron chi connectivity index (χ3n) is 5.92. The molecule has 0 fully saturated rings. The van der Waals surface area contributed by atoms with Gasteiger partial charge in [-0.05, 0) is 75.8 Å². The van der Waals surface area contributed by atoms with Crippen LogP contribution >= 0.6 is 0 Å². The van der Waals surface area contributed by atoms with E-state index in [1.54, 1.807) is 72.8 Å². The second-order valence-electron chi connectivity index (χ2n) is 8.85. The molecule has 2 amide bonds. The molecule has 2 aromatic heterocycles. The normalized spacial score (nSPS) is 9.89. The van der Waals surface area contributed by atoms with Crippen LogP contribution < -0.4 is 62.0 Å². The van der Waals surface area contributed by atoms with Gasteiger partial charge in [0.15, 0.2) is 5.91 Å². The fourth-order valence-corrected chi connectivity index (χ4v) is 4.23. The first-order valence-electron chi connectivity index (χ1n) is 12.7. The second-order valence-corrected chi connectivity index (χ2v) is 9.58. The minimum atomic E-state index is -0.233. The number of rotatable bonds is 6. The molecule has 0 aliphatic heterocycles. The van der Waals surface area contributed by atoms with Crippen LogP contribution in [0.25, 0.3) is 11.4 Å². The molecule has 0 bridgehead atoms. The van der Waals surface area contributed by atoms with E-state index in [0.29, 0.717) is 33.9 Å². The Hall–Kier alpha value is -3.22. The average molecular weight is 842 g/mol. The van der Waals surface area contributed by atoms with Gasteiger partial charge in [0.1, 0.15) is 0 Å². The molecular formula is C29H21AuKN10O2S2-2. The monoisotopic (exact) mass is 841 g/mol. The van der Waals surface area contributed by atoms with E-state index in [9.17, 15) is 9.59 Å². The molecule has 225 valence electrons. The van der Waals surface area contributed by atoms with Crippen LogP contribution in [0.2, 0.25) is 0 Å². The summed E-state index contributed by atoms with van der Waals surface area (Å²) in [5, 5.41) is 28.1. The third-order valence-corrected chi connectivity index (χ3v) is 6.43. The molecule has 16 heteroatoms. The number of hydrogen-bond acceptors (Lipinski definition) is 10. The van der Waals surface area contributed by atoms with E-state index in [1.807, 2.05) is 31.2 Å². The van der Waals surface area contributed by atoms with Gasteiger partial charge in [-0.15, -0.1) is 40.5 Å². The maximum atomic E-state index is 12.3. The van der Waals surface area contributed by atoms with Gasteiger partial charge in [-0.2, -0.15) is 0 Å². The van der Waals surface area contributed by atoms with E-state index in [1.165, 1.54) is 9.36 Å². The molecule has 0 saturated carbocycles. The fraction of sp³-hybridized carbons (Fsp3) is 0.0345. The summed E-state index contributed by atoms with van der Waals surface area (Å²) in [6.45, 7) is 1.90. The van der Waals surface area contributed by atoms with Gasteiger partial charge in [-0.3, -0.25) is 4.79 Å². The van der Waals surface area contributed by atoms with Crippen LogP contribution in [0.15, 0.2) is 107 Å². The Balaban J connectivity index is 0.000000235. The van der Waals surface area contributed by atoms with Crippen LogP contribution in [0, 0.1) is 13.0 Å². The van der Waals surface area contributed by atoms with Gasteiger partial charge in [-0.25, -0.2) is 9.36 Å². The minimum Gasteiger partial charge on any atom is -0.738 e. The molecular weight excluding hydrogens is 821 g/mol. The third kappa shape index (κ3) is 9.63. The summed E-state index contributed by atoms with van der Waals surface area (Å²) >= 11 is 10.0. The van der Waals surface area contributed by atoms with Crippen molar-refractivity contribution in [2.45, 2.75) is 17.2 Å². The topological polar surface area (TPSA) is 145 Å². The van der Waals surface area contributed by atoms with Crippen molar-refractivity contribution in [1.29, 1.82) is 0 Å². The molecule has 0 atom stereocenters. The van der Waals surface area contributed by atoms with Crippen molar-refractivity contribution in [3.05, 3.63) is 120 Å². The molecule has 2 heterocycles. The Kier molecular flexibility index (Phi) is 14.1. The molecule has 0 spiro atoms. The Labute approximate surface area is 327 Å². The number of amides is 2. The van der Waals surface area contributed by atoms with Gasteiger partial charge in [0, 0.05) is 49.6 Å². The fourth-order valence-electron chi connectivity index (χ4n) is 3.87. The van der Waals surface area contributed by atoms with Gasteiger partial charge in [-0.1, -0.05) is 35.9 Å². The summed E-state index contributed by atoms with van der Waals surface area (Å²) < 4.78 is 2.85. The Morgan fingerprint density at radius 3 is 1.73 bits per heavy atom. The summed E-state index contributed by atoms with van der Waals surface area (Å²) in [7, 11) is 0. The molecule has 6 rings (SSSR count). The minimum absolute atomic E-state index is 0. The SMILES string of the molecule is Cc1ccccc1C(=O)Nc1cccc(-n2nnnc2[S-])c1.O=C(Nc1cccc(-n2nnnc2[S-])c1)c1[c-]cccc1.[Au].[K+]. The van der Waals surface area contributed by atoms with Crippen LogP contribution in [-0.4, -0.2) is 52.2 Å². The van der Waals surface area contributed by atoms with Gasteiger partial charge in [0.25, 0.3) is 5.91 Å². The molecule has 0 aliphatic rings. The standard InChI is InChI=1S/C15H13N5OS.C14H10N5OS.Au.K/c1-10-5-2-3-8-13(10)14(21)16-11-6-4-7-12(9-11)20-15(22)17-18-19-20;20-13(10-5-2-1-3-6-10)15-11-7-4-8-12(9-11)19-14(21)16-17-18-19;;/h2-9H,1H3,(H,16,21)(H,17,19,22);1-5,7-9H,(H,15,20)(H,16,18,21);;/q;-1;;+1/p-2. The molecule has 0 aliphatic carbocycles. The van der Waals surface area contributed by atoms with Gasteiger partial charge in [0.2, 0.25) is 0 Å². The van der Waals surface area contributed by atoms with E-state index < -0.39 is 0 Å². The van der Waals surface area contributed by atoms with Crippen molar-refractivity contribution >= 4 is 48.4 Å². The largest absolute Gasteiger partial charge is 1.00 e. The molecule has 45 heavy (non-hydrogen) atoms. The number of tetrazole rings is 2. The number of nitrogens with one attached hydrogen (secondary N) is 2. The van der Waals surface area contributed by atoms with Gasteiger partial charge in [0.05, 0.1) is 11.4 Å². The van der Waals surface area contributed by atoms with Gasteiger partial charge >= 0.3 is 51.4 Å². The maximum Gasteiger partial charge on any atom is 1.00 e. The molecule has 4 aromatic carbocycles. The number of nitrogens with zero attached hydrogens (tertiary/aromatic N) is 8. The number of aryl methyl sites for hydroxylation is 1. The van der Waals surface area contributed by atoms with Crippen LogP contribution in [0.1, 0.15) is 26.3 Å². The van der Waals surface area contributed by atoms with Crippen molar-refractivity contribution in [1.82, 2.24) is 40.4 Å². The predicted octanol–water partition coefficient (Wildman–Crippen LogP) is 0.751. The average Bonchev–Trinajstić information content (AvgIpc) is 3.66. The first kappa shape index (κ1) is 36.2. The number of carbonyl (C=O) groups excluding carboxylic acids is 2. The van der Waals surface area contributed by atoms with Crippen LogP contribution in [0.5, 0.6) is 0 Å². The van der Waals surface area contributed by atoms with E-state index in [0.717, 1.165) is 5.56 Å². The van der Waals surface area contributed by atoms with Crippen LogP contribution in [0.3, 0.4) is 0 Å². The number of carbonyl (C=O) groups is 2. The maximum absolute atomic E-state index is 12.3. The van der Waals surface area contributed by atoms with Crippen molar-refractivity contribution in [2.24, 2.45) is 0 Å². The number of anilines is 2. The first-order valence-corrected chi connectivity index (χ1v) is 13.5. The smallest absolute Gasteiger partial charge is 0.738 e. The number of hydrogen-bond donors (Lipinski definition) is 2. The zero-order valence-electron chi connectivity index (χ0n) is 23.7. The quantitative estimate of drug-likeness (QED) is 0.140. The summed E-state index contributed by atoms with van der Waals surface area (Å²) in [5.74, 6) is -0.395. The van der Waals surface area contributed by atoms with Crippen molar-refractivity contribution < 1.29 is 83.4 Å². The second kappa shape index (κ2) is 17.5. The van der Waals surface area contributed by atoms with Crippen molar-refractivity contribution in [3.8, 4) is 11.4 Å². The molecule has 2 N–H and O–H groups in total. The Morgan fingerprint density at radius 2 is 1.24 bits per heavy atom. The molecule has 6 aromatic rings. The number of benzene rings is 4. The summed E-state index contributed by atoms with van der Waals surface area (Å²) in [4.78, 5) is 24.4. The van der Waals surface area contributed by atoms with E-state index in [2.05, 4.69) is 47.8 Å². The summed E-state index contributed by atoms with van der Waals surface area (Å²) in [5.41, 5.74) is 4.67.